The predicted molar refractivity (Wildman–Crippen MR) is 91.5 cm³/mol. The first-order chi connectivity index (χ1) is 10.3. The number of hydrogen-bond donors (Lipinski definition) is 0. The van der Waals surface area contributed by atoms with Gasteiger partial charge in [0.25, 0.3) is 0 Å². The molecule has 21 heavy (non-hydrogen) atoms. The molecule has 1 heteroatoms. The Balaban J connectivity index is 1.64. The van der Waals surface area contributed by atoms with Crippen LogP contribution in [0.3, 0.4) is 0 Å². The topological polar surface area (TPSA) is 9.23 Å². The summed E-state index contributed by atoms with van der Waals surface area (Å²) in [6, 6.07) is 0. The zero-order chi connectivity index (χ0) is 14.9. The third-order valence-corrected chi connectivity index (χ3v) is 5.74. The first-order valence-corrected chi connectivity index (χ1v) is 9.61. The highest BCUT2D eigenvalue weighted by Gasteiger charge is 2.30. The number of hydrogen-bond acceptors (Lipinski definition) is 1. The highest BCUT2D eigenvalue weighted by atomic mass is 16.5. The van der Waals surface area contributed by atoms with Gasteiger partial charge in [0.2, 0.25) is 0 Å². The number of allylic oxidation sites excluding steroid dienone is 2. The highest BCUT2D eigenvalue weighted by Crippen LogP contribution is 2.40. The van der Waals surface area contributed by atoms with Crippen LogP contribution >= 0.6 is 0 Å². The summed E-state index contributed by atoms with van der Waals surface area (Å²) in [5, 5.41) is 0. The fraction of sp³-hybridized carbons (Fsp3) is 0.900. The van der Waals surface area contributed by atoms with Crippen molar-refractivity contribution in [1.29, 1.82) is 0 Å². The summed E-state index contributed by atoms with van der Waals surface area (Å²) < 4.78 is 5.79. The van der Waals surface area contributed by atoms with E-state index in [-0.39, 0.29) is 0 Å². The van der Waals surface area contributed by atoms with Crippen molar-refractivity contribution in [3.05, 3.63) is 12.2 Å². The molecule has 0 radical (unpaired) electrons. The van der Waals surface area contributed by atoms with E-state index in [0.29, 0.717) is 6.10 Å². The van der Waals surface area contributed by atoms with Crippen molar-refractivity contribution in [2.45, 2.75) is 90.6 Å². The summed E-state index contributed by atoms with van der Waals surface area (Å²) in [6.45, 7) is 5.30. The Morgan fingerprint density at radius 1 is 0.857 bits per heavy atom. The van der Waals surface area contributed by atoms with E-state index >= 15 is 0 Å². The Labute approximate surface area is 132 Å². The van der Waals surface area contributed by atoms with Crippen LogP contribution in [0.1, 0.15) is 84.5 Å². The average Bonchev–Trinajstić information content (AvgIpc) is 2.53. The molecule has 2 aliphatic carbocycles. The summed E-state index contributed by atoms with van der Waals surface area (Å²) in [7, 11) is 0. The Morgan fingerprint density at radius 3 is 2.05 bits per heavy atom. The SMILES string of the molecule is CCCC/C=C/[C@H]1CC[C@H](C2CCC(OCC)CC2)CC1. The third kappa shape index (κ3) is 5.77. The van der Waals surface area contributed by atoms with E-state index in [1.54, 1.807) is 0 Å². The van der Waals surface area contributed by atoms with E-state index in [2.05, 4.69) is 26.0 Å². The molecule has 0 spiro atoms. The van der Waals surface area contributed by atoms with E-state index in [1.165, 1.54) is 70.6 Å². The molecule has 0 unspecified atom stereocenters. The lowest BCUT2D eigenvalue weighted by molar-refractivity contribution is 0.0142. The molecule has 0 saturated heterocycles. The molecule has 0 aromatic carbocycles. The van der Waals surface area contributed by atoms with Crippen molar-refractivity contribution in [1.82, 2.24) is 0 Å². The van der Waals surface area contributed by atoms with Gasteiger partial charge in [-0.05, 0) is 82.5 Å². The van der Waals surface area contributed by atoms with Gasteiger partial charge in [0.05, 0.1) is 6.10 Å². The van der Waals surface area contributed by atoms with Crippen molar-refractivity contribution < 1.29 is 4.74 Å². The van der Waals surface area contributed by atoms with Crippen LogP contribution < -0.4 is 0 Å². The van der Waals surface area contributed by atoms with Gasteiger partial charge in [-0.25, -0.2) is 0 Å². The van der Waals surface area contributed by atoms with Gasteiger partial charge in [-0.15, -0.1) is 0 Å². The molecule has 0 N–H and O–H groups in total. The predicted octanol–water partition coefficient (Wildman–Crippen LogP) is 6.13. The number of rotatable bonds is 7. The van der Waals surface area contributed by atoms with Crippen LogP contribution in [0, 0.1) is 17.8 Å². The third-order valence-electron chi connectivity index (χ3n) is 5.74. The first kappa shape index (κ1) is 17.1. The smallest absolute Gasteiger partial charge is 0.0575 e. The standard InChI is InChI=1S/C20H36O/c1-3-5-6-7-8-17-9-11-18(12-10-17)19-13-15-20(16-14-19)21-4-2/h7-8,17-20H,3-6,9-16H2,1-2H3/b8-7+/t17-,18-,19?,20?. The summed E-state index contributed by atoms with van der Waals surface area (Å²) in [6.07, 6.45) is 20.8. The monoisotopic (exact) mass is 292 g/mol. The van der Waals surface area contributed by atoms with E-state index in [9.17, 15) is 0 Å². The molecule has 0 bridgehead atoms. The Hall–Kier alpha value is -0.300. The van der Waals surface area contributed by atoms with Crippen molar-refractivity contribution in [3.8, 4) is 0 Å². The van der Waals surface area contributed by atoms with Crippen molar-refractivity contribution in [3.63, 3.8) is 0 Å². The van der Waals surface area contributed by atoms with E-state index in [1.807, 2.05) is 0 Å². The molecule has 1 nitrogen and oxygen atoms in total. The molecule has 2 fully saturated rings. The lowest BCUT2D eigenvalue weighted by Crippen LogP contribution is -2.28. The summed E-state index contributed by atoms with van der Waals surface area (Å²) in [5.74, 6) is 2.91. The van der Waals surface area contributed by atoms with E-state index < -0.39 is 0 Å². The van der Waals surface area contributed by atoms with Gasteiger partial charge in [-0.3, -0.25) is 0 Å². The summed E-state index contributed by atoms with van der Waals surface area (Å²) in [5.41, 5.74) is 0. The maximum atomic E-state index is 5.79. The summed E-state index contributed by atoms with van der Waals surface area (Å²) in [4.78, 5) is 0. The minimum Gasteiger partial charge on any atom is -0.379 e. The molecule has 0 heterocycles. The molecule has 2 saturated carbocycles. The molecule has 0 amide bonds. The molecule has 0 aliphatic heterocycles. The lowest BCUT2D eigenvalue weighted by Gasteiger charge is -2.37. The largest absolute Gasteiger partial charge is 0.379 e. The average molecular weight is 293 g/mol. The molecule has 122 valence electrons. The van der Waals surface area contributed by atoms with Gasteiger partial charge in [0.15, 0.2) is 0 Å². The molecule has 0 atom stereocenters. The first-order valence-electron chi connectivity index (χ1n) is 9.61. The molecular weight excluding hydrogens is 256 g/mol. The quantitative estimate of drug-likeness (QED) is 0.405. The Morgan fingerprint density at radius 2 is 1.48 bits per heavy atom. The zero-order valence-corrected chi connectivity index (χ0v) is 14.4. The van der Waals surface area contributed by atoms with Gasteiger partial charge >= 0.3 is 0 Å². The Bertz CT molecular complexity index is 280. The van der Waals surface area contributed by atoms with Crippen molar-refractivity contribution >= 4 is 0 Å². The van der Waals surface area contributed by atoms with Crippen LogP contribution in [0.25, 0.3) is 0 Å². The number of unbranched alkanes of at least 4 members (excludes halogenated alkanes) is 2. The fourth-order valence-corrected chi connectivity index (χ4v) is 4.38. The fourth-order valence-electron chi connectivity index (χ4n) is 4.38. The van der Waals surface area contributed by atoms with Crippen LogP contribution in [-0.4, -0.2) is 12.7 Å². The minimum atomic E-state index is 0.573. The van der Waals surface area contributed by atoms with Crippen LogP contribution in [0.4, 0.5) is 0 Å². The molecule has 0 aromatic rings. The van der Waals surface area contributed by atoms with E-state index in [0.717, 1.165) is 24.4 Å². The second-order valence-corrected chi connectivity index (χ2v) is 7.24. The van der Waals surface area contributed by atoms with Crippen LogP contribution in [-0.2, 0) is 4.74 Å². The zero-order valence-electron chi connectivity index (χ0n) is 14.4. The second kappa shape index (κ2) is 9.66. The molecule has 2 aliphatic rings. The van der Waals surface area contributed by atoms with Gasteiger partial charge in [0.1, 0.15) is 0 Å². The second-order valence-electron chi connectivity index (χ2n) is 7.24. The molecule has 0 aromatic heterocycles. The molecular formula is C20H36O. The highest BCUT2D eigenvalue weighted by molar-refractivity contribution is 4.92. The normalized spacial score (nSPS) is 34.4. The maximum Gasteiger partial charge on any atom is 0.0575 e. The Kier molecular flexibility index (Phi) is 7.85. The van der Waals surface area contributed by atoms with Crippen molar-refractivity contribution in [2.75, 3.05) is 6.61 Å². The van der Waals surface area contributed by atoms with Gasteiger partial charge in [0, 0.05) is 6.61 Å². The lowest BCUT2D eigenvalue weighted by atomic mass is 9.70. The number of ether oxygens (including phenoxy) is 1. The van der Waals surface area contributed by atoms with Gasteiger partial charge < -0.3 is 4.74 Å². The van der Waals surface area contributed by atoms with Gasteiger partial charge in [-0.1, -0.05) is 31.9 Å². The van der Waals surface area contributed by atoms with Crippen LogP contribution in [0.5, 0.6) is 0 Å². The van der Waals surface area contributed by atoms with Gasteiger partial charge in [-0.2, -0.15) is 0 Å². The molecule has 2 rings (SSSR count). The van der Waals surface area contributed by atoms with Crippen molar-refractivity contribution in [2.24, 2.45) is 17.8 Å². The maximum absolute atomic E-state index is 5.79. The van der Waals surface area contributed by atoms with Crippen LogP contribution in [0.15, 0.2) is 12.2 Å². The van der Waals surface area contributed by atoms with Crippen LogP contribution in [0.2, 0.25) is 0 Å². The van der Waals surface area contributed by atoms with E-state index in [4.69, 9.17) is 4.74 Å². The minimum absolute atomic E-state index is 0.573. The summed E-state index contributed by atoms with van der Waals surface area (Å²) >= 11 is 0.